The number of rotatable bonds is 7. The van der Waals surface area contributed by atoms with Gasteiger partial charge in [-0.2, -0.15) is 13.2 Å². The third-order valence-electron chi connectivity index (χ3n) is 4.83. The molecule has 146 valence electrons. The molecule has 8 heteroatoms. The van der Waals surface area contributed by atoms with E-state index in [1.807, 2.05) is 24.3 Å². The van der Waals surface area contributed by atoms with E-state index in [1.165, 1.54) is 0 Å². The Balaban J connectivity index is 1.58. The quantitative estimate of drug-likeness (QED) is 0.746. The highest BCUT2D eigenvalue weighted by Crippen LogP contribution is 2.36. The molecule has 0 aliphatic heterocycles. The molecule has 1 saturated carbocycles. The topological polar surface area (TPSA) is 62.4 Å². The van der Waals surface area contributed by atoms with Crippen LogP contribution in [0.15, 0.2) is 30.5 Å². The maximum Gasteiger partial charge on any atom is 0.406 e. The highest BCUT2D eigenvalue weighted by molar-refractivity contribution is 5.88. The Hall–Kier alpha value is -2.51. The number of para-hydroxylation sites is 1. The number of ether oxygens (including phenoxy) is 1. The van der Waals surface area contributed by atoms with E-state index in [1.54, 1.807) is 13.1 Å². The van der Waals surface area contributed by atoms with Crippen LogP contribution in [0.3, 0.4) is 0 Å². The number of amides is 1. The maximum absolute atomic E-state index is 12.8. The molecule has 1 aromatic carbocycles. The number of aromatic nitrogens is 1. The lowest BCUT2D eigenvalue weighted by atomic mass is 10.1. The lowest BCUT2D eigenvalue weighted by Crippen LogP contribution is -2.47. The van der Waals surface area contributed by atoms with Crippen LogP contribution in [-0.2, 0) is 20.7 Å². The van der Waals surface area contributed by atoms with Crippen molar-refractivity contribution in [3.8, 4) is 0 Å². The number of nitrogens with one attached hydrogen (secondary N) is 1. The van der Waals surface area contributed by atoms with Crippen molar-refractivity contribution < 1.29 is 27.5 Å². The van der Waals surface area contributed by atoms with Crippen LogP contribution >= 0.6 is 0 Å². The van der Waals surface area contributed by atoms with E-state index in [2.05, 4.69) is 4.98 Å². The van der Waals surface area contributed by atoms with Gasteiger partial charge in [0.25, 0.3) is 5.91 Å². The Bertz CT molecular complexity index is 827. The smallest absolute Gasteiger partial charge is 0.406 e. The fourth-order valence-electron chi connectivity index (χ4n) is 3.20. The van der Waals surface area contributed by atoms with Gasteiger partial charge in [0.05, 0.1) is 6.42 Å². The third kappa shape index (κ3) is 5.02. The van der Waals surface area contributed by atoms with Crippen molar-refractivity contribution in [2.24, 2.45) is 5.92 Å². The molecule has 27 heavy (non-hydrogen) atoms. The second kappa shape index (κ2) is 7.62. The van der Waals surface area contributed by atoms with E-state index in [9.17, 15) is 22.8 Å². The minimum Gasteiger partial charge on any atom is -0.455 e. The Morgan fingerprint density at radius 2 is 2.00 bits per heavy atom. The largest absolute Gasteiger partial charge is 0.455 e. The highest BCUT2D eigenvalue weighted by Gasteiger charge is 2.40. The first kappa shape index (κ1) is 19.3. The van der Waals surface area contributed by atoms with Gasteiger partial charge in [0, 0.05) is 23.1 Å². The van der Waals surface area contributed by atoms with Crippen LogP contribution in [0.4, 0.5) is 13.2 Å². The van der Waals surface area contributed by atoms with Crippen LogP contribution in [0.1, 0.15) is 25.3 Å². The highest BCUT2D eigenvalue weighted by atomic mass is 19.4. The Labute approximate surface area is 154 Å². The molecule has 1 fully saturated rings. The molecule has 1 aliphatic rings. The number of carbonyl (C=O) groups is 2. The summed E-state index contributed by atoms with van der Waals surface area (Å²) in [5, 5.41) is 0.863. The molecule has 1 heterocycles. The summed E-state index contributed by atoms with van der Waals surface area (Å²) in [4.78, 5) is 28.1. The summed E-state index contributed by atoms with van der Waals surface area (Å²) in [5.74, 6) is -1.39. The molecule has 1 unspecified atom stereocenters. The lowest BCUT2D eigenvalue weighted by molar-refractivity contribution is -0.170. The van der Waals surface area contributed by atoms with Crippen LogP contribution in [0.25, 0.3) is 10.9 Å². The van der Waals surface area contributed by atoms with Gasteiger partial charge in [0.1, 0.15) is 6.54 Å². The molecule has 1 aliphatic carbocycles. The minimum absolute atomic E-state index is 0.0608. The Kier molecular flexibility index (Phi) is 5.43. The third-order valence-corrected chi connectivity index (χ3v) is 4.83. The molecule has 1 amide bonds. The normalized spacial score (nSPS) is 15.6. The minimum atomic E-state index is -4.49. The number of aromatic amines is 1. The Morgan fingerprint density at radius 1 is 1.30 bits per heavy atom. The summed E-state index contributed by atoms with van der Waals surface area (Å²) < 4.78 is 43.4. The monoisotopic (exact) mass is 382 g/mol. The molecule has 1 aromatic heterocycles. The van der Waals surface area contributed by atoms with Gasteiger partial charge in [-0.25, -0.2) is 0 Å². The molecule has 5 nitrogen and oxygen atoms in total. The molecule has 0 radical (unpaired) electrons. The van der Waals surface area contributed by atoms with Gasteiger partial charge < -0.3 is 14.6 Å². The van der Waals surface area contributed by atoms with E-state index in [4.69, 9.17) is 4.74 Å². The standard InChI is InChI=1S/C19H21F3N2O3/c1-12(13-6-7-13)24(11-19(20,21)22)17(25)10-27-18(26)8-14-9-23-16-5-3-2-4-15(14)16/h2-5,9,12-13,23H,6-8,10-11H2,1H3. The van der Waals surface area contributed by atoms with Gasteiger partial charge in [-0.3, -0.25) is 9.59 Å². The first-order chi connectivity index (χ1) is 12.7. The number of hydrogen-bond donors (Lipinski definition) is 1. The van der Waals surface area contributed by atoms with E-state index >= 15 is 0 Å². The summed E-state index contributed by atoms with van der Waals surface area (Å²) in [6.45, 7) is -0.410. The molecule has 0 saturated heterocycles. The van der Waals surface area contributed by atoms with E-state index in [-0.39, 0.29) is 12.3 Å². The first-order valence-electron chi connectivity index (χ1n) is 8.81. The molecule has 2 aromatic rings. The first-order valence-corrected chi connectivity index (χ1v) is 8.81. The van der Waals surface area contributed by atoms with E-state index < -0.39 is 37.2 Å². The summed E-state index contributed by atoms with van der Waals surface area (Å²) in [5.41, 5.74) is 1.58. The molecule has 1 atom stereocenters. The number of halogens is 3. The van der Waals surface area contributed by atoms with Gasteiger partial charge in [0.2, 0.25) is 0 Å². The second-order valence-electron chi connectivity index (χ2n) is 6.91. The van der Waals surface area contributed by atoms with Gasteiger partial charge in [-0.15, -0.1) is 0 Å². The van der Waals surface area contributed by atoms with Crippen LogP contribution in [0, 0.1) is 5.92 Å². The molecule has 0 spiro atoms. The average molecular weight is 382 g/mol. The Morgan fingerprint density at radius 3 is 2.67 bits per heavy atom. The van der Waals surface area contributed by atoms with Gasteiger partial charge in [0.15, 0.2) is 6.61 Å². The van der Waals surface area contributed by atoms with Crippen LogP contribution in [-0.4, -0.2) is 47.1 Å². The van der Waals surface area contributed by atoms with Crippen LogP contribution < -0.4 is 0 Å². The number of alkyl halides is 3. The second-order valence-corrected chi connectivity index (χ2v) is 6.91. The number of benzene rings is 1. The van der Waals surface area contributed by atoms with Gasteiger partial charge in [-0.05, 0) is 37.3 Å². The molecular formula is C19H21F3N2O3. The molecular weight excluding hydrogens is 361 g/mol. The SMILES string of the molecule is CC(C1CC1)N(CC(F)(F)F)C(=O)COC(=O)Cc1c[nH]c2ccccc12. The van der Waals surface area contributed by atoms with Crippen molar-refractivity contribution >= 4 is 22.8 Å². The summed E-state index contributed by atoms with van der Waals surface area (Å²) in [7, 11) is 0. The van der Waals surface area contributed by atoms with E-state index in [0.717, 1.165) is 28.6 Å². The predicted octanol–water partition coefficient (Wildman–Crippen LogP) is 3.44. The number of fused-ring (bicyclic) bond motifs is 1. The fraction of sp³-hybridized carbons (Fsp3) is 0.474. The number of hydrogen-bond acceptors (Lipinski definition) is 3. The maximum atomic E-state index is 12.8. The van der Waals surface area contributed by atoms with Crippen molar-refractivity contribution in [1.29, 1.82) is 0 Å². The zero-order valence-electron chi connectivity index (χ0n) is 14.9. The molecule has 1 N–H and O–H groups in total. The van der Waals surface area contributed by atoms with Crippen molar-refractivity contribution in [1.82, 2.24) is 9.88 Å². The molecule has 0 bridgehead atoms. The zero-order valence-corrected chi connectivity index (χ0v) is 14.9. The summed E-state index contributed by atoms with van der Waals surface area (Å²) >= 11 is 0. The predicted molar refractivity (Wildman–Crippen MR) is 92.9 cm³/mol. The zero-order chi connectivity index (χ0) is 19.6. The summed E-state index contributed by atoms with van der Waals surface area (Å²) in [6, 6.07) is 6.88. The van der Waals surface area contributed by atoms with Crippen LogP contribution in [0.2, 0.25) is 0 Å². The number of carbonyl (C=O) groups excluding carboxylic acids is 2. The number of H-pyrrole nitrogens is 1. The molecule has 3 rings (SSSR count). The number of esters is 1. The van der Waals surface area contributed by atoms with Crippen molar-refractivity contribution in [2.75, 3.05) is 13.2 Å². The van der Waals surface area contributed by atoms with Gasteiger partial charge >= 0.3 is 12.1 Å². The summed E-state index contributed by atoms with van der Waals surface area (Å²) in [6.07, 6.45) is -1.26. The average Bonchev–Trinajstić information content (AvgIpc) is 3.39. The van der Waals surface area contributed by atoms with Crippen molar-refractivity contribution in [3.63, 3.8) is 0 Å². The van der Waals surface area contributed by atoms with Crippen molar-refractivity contribution in [3.05, 3.63) is 36.0 Å². The van der Waals surface area contributed by atoms with Crippen LogP contribution in [0.5, 0.6) is 0 Å². The van der Waals surface area contributed by atoms with Crippen molar-refractivity contribution in [2.45, 2.75) is 38.4 Å². The number of nitrogens with zero attached hydrogens (tertiary/aromatic N) is 1. The van der Waals surface area contributed by atoms with E-state index in [0.29, 0.717) is 5.56 Å². The van der Waals surface area contributed by atoms with Gasteiger partial charge in [-0.1, -0.05) is 18.2 Å². The lowest BCUT2D eigenvalue weighted by Gasteiger charge is -2.30. The fourth-order valence-corrected chi connectivity index (χ4v) is 3.20.